The van der Waals surface area contributed by atoms with Crippen molar-refractivity contribution in [2.75, 3.05) is 7.11 Å². The summed E-state index contributed by atoms with van der Waals surface area (Å²) in [6.07, 6.45) is 0. The van der Waals surface area contributed by atoms with Gasteiger partial charge in [-0.3, -0.25) is 0 Å². The summed E-state index contributed by atoms with van der Waals surface area (Å²) in [7, 11) is 1.70. The Bertz CT molecular complexity index is 484. The first-order valence-electron chi connectivity index (χ1n) is 5.99. The molecule has 1 aromatic heterocycles. The van der Waals surface area contributed by atoms with Crippen molar-refractivity contribution < 1.29 is 4.74 Å². The lowest BCUT2D eigenvalue weighted by Gasteiger charge is -2.20. The smallest absolute Gasteiger partial charge is 0.123 e. The van der Waals surface area contributed by atoms with Crippen molar-refractivity contribution in [3.05, 3.63) is 46.4 Å². The van der Waals surface area contributed by atoms with Crippen LogP contribution in [-0.4, -0.2) is 12.1 Å². The van der Waals surface area contributed by atoms with Gasteiger partial charge in [0.05, 0.1) is 18.3 Å². The van der Waals surface area contributed by atoms with Gasteiger partial charge in [0.2, 0.25) is 0 Å². The second kappa shape index (κ2) is 5.98. The molecule has 1 N–H and O–H groups in total. The van der Waals surface area contributed by atoms with Crippen LogP contribution in [0.3, 0.4) is 0 Å². The van der Waals surface area contributed by atoms with Gasteiger partial charge in [0.1, 0.15) is 5.75 Å². The first kappa shape index (κ1) is 13.1. The molecular formula is C14H18N2OS. The van der Waals surface area contributed by atoms with Crippen LogP contribution < -0.4 is 10.1 Å². The summed E-state index contributed by atoms with van der Waals surface area (Å²) in [6, 6.07) is 8.54. The average Bonchev–Trinajstić information content (AvgIpc) is 2.92. The highest BCUT2D eigenvalue weighted by atomic mass is 32.1. The van der Waals surface area contributed by atoms with E-state index >= 15 is 0 Å². The van der Waals surface area contributed by atoms with E-state index in [1.807, 2.05) is 23.7 Å². The third kappa shape index (κ3) is 2.89. The summed E-state index contributed by atoms with van der Waals surface area (Å²) < 4.78 is 5.39. The molecule has 0 fully saturated rings. The summed E-state index contributed by atoms with van der Waals surface area (Å²) in [6.45, 7) is 4.27. The van der Waals surface area contributed by atoms with Crippen molar-refractivity contribution in [1.29, 1.82) is 0 Å². The molecule has 1 heterocycles. The SMILES string of the molecule is COc1ccccc1[C@@H](C)NC(C)c1cscn1. The average molecular weight is 262 g/mol. The Labute approximate surface area is 112 Å². The van der Waals surface area contributed by atoms with E-state index in [1.54, 1.807) is 18.4 Å². The second-order valence-corrected chi connectivity index (χ2v) is 4.98. The van der Waals surface area contributed by atoms with Crippen LogP contribution in [0.25, 0.3) is 0 Å². The zero-order chi connectivity index (χ0) is 13.0. The van der Waals surface area contributed by atoms with Crippen LogP contribution in [0, 0.1) is 0 Å². The van der Waals surface area contributed by atoms with Crippen molar-refractivity contribution in [2.24, 2.45) is 0 Å². The van der Waals surface area contributed by atoms with Crippen LogP contribution in [-0.2, 0) is 0 Å². The number of nitrogens with zero attached hydrogens (tertiary/aromatic N) is 1. The molecule has 2 rings (SSSR count). The topological polar surface area (TPSA) is 34.1 Å². The maximum absolute atomic E-state index is 5.39. The van der Waals surface area contributed by atoms with E-state index in [0.29, 0.717) is 0 Å². The van der Waals surface area contributed by atoms with Crippen LogP contribution in [0.1, 0.15) is 37.2 Å². The minimum absolute atomic E-state index is 0.220. The molecule has 0 spiro atoms. The van der Waals surface area contributed by atoms with Crippen molar-refractivity contribution in [3.63, 3.8) is 0 Å². The maximum atomic E-state index is 5.39. The number of aromatic nitrogens is 1. The highest BCUT2D eigenvalue weighted by Crippen LogP contribution is 2.26. The summed E-state index contributed by atoms with van der Waals surface area (Å²) in [5.41, 5.74) is 4.12. The van der Waals surface area contributed by atoms with Gasteiger partial charge in [0.25, 0.3) is 0 Å². The van der Waals surface area contributed by atoms with E-state index in [-0.39, 0.29) is 12.1 Å². The van der Waals surface area contributed by atoms with E-state index in [0.717, 1.165) is 11.4 Å². The minimum Gasteiger partial charge on any atom is -0.496 e. The predicted molar refractivity (Wildman–Crippen MR) is 75.1 cm³/mol. The van der Waals surface area contributed by atoms with E-state index in [4.69, 9.17) is 4.74 Å². The molecule has 18 heavy (non-hydrogen) atoms. The number of nitrogens with one attached hydrogen (secondary N) is 1. The highest BCUT2D eigenvalue weighted by Gasteiger charge is 2.15. The molecule has 0 radical (unpaired) electrons. The summed E-state index contributed by atoms with van der Waals surface area (Å²) in [5.74, 6) is 0.919. The number of ether oxygens (including phenoxy) is 1. The Morgan fingerprint density at radius 3 is 2.67 bits per heavy atom. The van der Waals surface area contributed by atoms with Gasteiger partial charge in [0.15, 0.2) is 0 Å². The normalized spacial score (nSPS) is 14.2. The lowest BCUT2D eigenvalue weighted by Crippen LogP contribution is -2.23. The quantitative estimate of drug-likeness (QED) is 0.894. The third-order valence-corrected chi connectivity index (χ3v) is 3.61. The molecule has 0 amide bonds. The van der Waals surface area contributed by atoms with Crippen molar-refractivity contribution in [2.45, 2.75) is 25.9 Å². The zero-order valence-electron chi connectivity index (χ0n) is 10.9. The molecule has 2 atom stereocenters. The molecule has 4 heteroatoms. The Kier molecular flexibility index (Phi) is 4.33. The van der Waals surface area contributed by atoms with Crippen LogP contribution in [0.2, 0.25) is 0 Å². The van der Waals surface area contributed by atoms with E-state index < -0.39 is 0 Å². The van der Waals surface area contributed by atoms with Gasteiger partial charge in [-0.05, 0) is 19.9 Å². The zero-order valence-corrected chi connectivity index (χ0v) is 11.7. The molecule has 0 saturated carbocycles. The number of hydrogen-bond donors (Lipinski definition) is 1. The highest BCUT2D eigenvalue weighted by molar-refractivity contribution is 7.07. The van der Waals surface area contributed by atoms with Gasteiger partial charge in [-0.15, -0.1) is 11.3 Å². The first-order chi connectivity index (χ1) is 8.72. The Morgan fingerprint density at radius 2 is 2.00 bits per heavy atom. The predicted octanol–water partition coefficient (Wildman–Crippen LogP) is 3.56. The molecule has 0 bridgehead atoms. The van der Waals surface area contributed by atoms with Crippen LogP contribution in [0.4, 0.5) is 0 Å². The van der Waals surface area contributed by atoms with E-state index in [2.05, 4.69) is 35.6 Å². The largest absolute Gasteiger partial charge is 0.496 e. The molecular weight excluding hydrogens is 244 g/mol. The van der Waals surface area contributed by atoms with E-state index in [9.17, 15) is 0 Å². The maximum Gasteiger partial charge on any atom is 0.123 e. The number of hydrogen-bond acceptors (Lipinski definition) is 4. The molecule has 0 aliphatic carbocycles. The number of para-hydroxylation sites is 1. The van der Waals surface area contributed by atoms with Gasteiger partial charge in [-0.25, -0.2) is 4.98 Å². The Hall–Kier alpha value is -1.39. The summed E-state index contributed by atoms with van der Waals surface area (Å²) >= 11 is 1.62. The number of benzene rings is 1. The molecule has 1 unspecified atom stereocenters. The van der Waals surface area contributed by atoms with Gasteiger partial charge in [-0.1, -0.05) is 18.2 Å². The third-order valence-electron chi connectivity index (χ3n) is 3.00. The Balaban J connectivity index is 2.09. The van der Waals surface area contributed by atoms with Gasteiger partial charge in [-0.2, -0.15) is 0 Å². The van der Waals surface area contributed by atoms with Crippen molar-refractivity contribution in [1.82, 2.24) is 10.3 Å². The number of rotatable bonds is 5. The Morgan fingerprint density at radius 1 is 1.22 bits per heavy atom. The van der Waals surface area contributed by atoms with Gasteiger partial charge >= 0.3 is 0 Å². The number of methoxy groups -OCH3 is 1. The monoisotopic (exact) mass is 262 g/mol. The summed E-state index contributed by atoms with van der Waals surface area (Å²) in [5, 5.41) is 5.61. The first-order valence-corrected chi connectivity index (χ1v) is 6.93. The lowest BCUT2D eigenvalue weighted by molar-refractivity contribution is 0.396. The molecule has 0 saturated heterocycles. The molecule has 2 aromatic rings. The molecule has 3 nitrogen and oxygen atoms in total. The standard InChI is InChI=1S/C14H18N2OS/c1-10(12-6-4-5-7-14(12)17-3)16-11(2)13-8-18-9-15-13/h4-11,16H,1-3H3/t10-,11?/m1/s1. The second-order valence-electron chi connectivity index (χ2n) is 4.27. The van der Waals surface area contributed by atoms with Crippen molar-refractivity contribution >= 4 is 11.3 Å². The van der Waals surface area contributed by atoms with Gasteiger partial charge in [0, 0.05) is 23.0 Å². The fraction of sp³-hybridized carbons (Fsp3) is 0.357. The van der Waals surface area contributed by atoms with Gasteiger partial charge < -0.3 is 10.1 Å². The molecule has 0 aliphatic rings. The lowest BCUT2D eigenvalue weighted by atomic mass is 10.1. The van der Waals surface area contributed by atoms with E-state index in [1.165, 1.54) is 5.56 Å². The van der Waals surface area contributed by atoms with Crippen LogP contribution in [0.15, 0.2) is 35.2 Å². The molecule has 96 valence electrons. The fourth-order valence-corrected chi connectivity index (χ4v) is 2.66. The van der Waals surface area contributed by atoms with Crippen LogP contribution >= 0.6 is 11.3 Å². The fourth-order valence-electron chi connectivity index (χ4n) is 2.01. The van der Waals surface area contributed by atoms with Crippen LogP contribution in [0.5, 0.6) is 5.75 Å². The molecule has 0 aliphatic heterocycles. The molecule has 1 aromatic carbocycles. The number of thiazole rings is 1. The summed E-state index contributed by atoms with van der Waals surface area (Å²) in [4.78, 5) is 4.33. The van der Waals surface area contributed by atoms with Crippen molar-refractivity contribution in [3.8, 4) is 5.75 Å². The minimum atomic E-state index is 0.220.